The van der Waals surface area contributed by atoms with Gasteiger partial charge in [0.2, 0.25) is 0 Å². The van der Waals surface area contributed by atoms with Gasteiger partial charge in [-0.2, -0.15) is 10.2 Å². The molecule has 0 bridgehead atoms. The fraction of sp³-hybridized carbons (Fsp3) is 0.174. The average Bonchev–Trinajstić information content (AvgIpc) is 3.27. The van der Waals surface area contributed by atoms with Crippen LogP contribution in [-0.2, 0) is 6.54 Å². The number of benzene rings is 2. The molecular weight excluding hydrogens is 444 g/mol. The summed E-state index contributed by atoms with van der Waals surface area (Å²) in [5.74, 6) is -0.0103. The predicted molar refractivity (Wildman–Crippen MR) is 125 cm³/mol. The molecule has 0 aliphatic carbocycles. The molecule has 33 heavy (non-hydrogen) atoms. The van der Waals surface area contributed by atoms with Crippen LogP contribution in [0.4, 0.5) is 11.5 Å². The van der Waals surface area contributed by atoms with Gasteiger partial charge < -0.3 is 5.32 Å². The Labute approximate surface area is 194 Å². The second kappa shape index (κ2) is 8.87. The van der Waals surface area contributed by atoms with Crippen LogP contribution >= 0.6 is 11.6 Å². The Morgan fingerprint density at radius 2 is 1.73 bits per heavy atom. The van der Waals surface area contributed by atoms with Crippen molar-refractivity contribution in [2.24, 2.45) is 0 Å². The molecule has 2 heterocycles. The molecule has 0 spiro atoms. The molecule has 0 fully saturated rings. The van der Waals surface area contributed by atoms with Crippen molar-refractivity contribution in [1.82, 2.24) is 19.6 Å². The minimum atomic E-state index is -0.472. The van der Waals surface area contributed by atoms with Crippen LogP contribution in [0, 0.1) is 30.9 Å². The highest BCUT2D eigenvalue weighted by Crippen LogP contribution is 2.25. The topological polar surface area (TPSA) is 108 Å². The van der Waals surface area contributed by atoms with Gasteiger partial charge >= 0.3 is 0 Å². The van der Waals surface area contributed by atoms with Gasteiger partial charge in [-0.15, -0.1) is 0 Å². The number of amides is 1. The Hall–Kier alpha value is -3.98. The molecule has 0 unspecified atom stereocenters. The van der Waals surface area contributed by atoms with Crippen LogP contribution in [0.2, 0.25) is 5.15 Å². The van der Waals surface area contributed by atoms with E-state index in [-0.39, 0.29) is 16.4 Å². The molecule has 0 saturated heterocycles. The molecule has 1 N–H and O–H groups in total. The van der Waals surface area contributed by atoms with E-state index in [1.165, 1.54) is 16.8 Å². The highest BCUT2D eigenvalue weighted by atomic mass is 35.5. The lowest BCUT2D eigenvalue weighted by molar-refractivity contribution is -0.384. The molecule has 0 atom stereocenters. The predicted octanol–water partition coefficient (Wildman–Crippen LogP) is 4.86. The summed E-state index contributed by atoms with van der Waals surface area (Å²) in [4.78, 5) is 23.6. The Kier molecular flexibility index (Phi) is 5.97. The zero-order valence-electron chi connectivity index (χ0n) is 18.2. The quantitative estimate of drug-likeness (QED) is 0.324. The van der Waals surface area contributed by atoms with Crippen molar-refractivity contribution in [3.8, 4) is 5.69 Å². The summed E-state index contributed by atoms with van der Waals surface area (Å²) >= 11 is 6.53. The third-order valence-corrected chi connectivity index (χ3v) is 5.51. The van der Waals surface area contributed by atoms with E-state index in [1.807, 2.05) is 31.2 Å². The standard InChI is InChI=1S/C23H21ClN6O3/c1-14-4-6-17(7-5-14)13-28-22(24)21(16(3)27-28)23(31)25-20-12-15(2)26-29(20)18-8-10-19(11-9-18)30(32)33/h4-12H,13H2,1-3H3,(H,25,31). The third-order valence-electron chi connectivity index (χ3n) is 5.12. The number of aryl methyl sites for hydroxylation is 3. The second-order valence-corrected chi connectivity index (χ2v) is 8.06. The van der Waals surface area contributed by atoms with Gasteiger partial charge in [0.1, 0.15) is 11.0 Å². The molecule has 9 nitrogen and oxygen atoms in total. The molecule has 4 aromatic rings. The molecular formula is C23H21ClN6O3. The van der Waals surface area contributed by atoms with Gasteiger partial charge in [-0.1, -0.05) is 41.4 Å². The van der Waals surface area contributed by atoms with E-state index in [2.05, 4.69) is 15.5 Å². The van der Waals surface area contributed by atoms with Crippen LogP contribution in [-0.4, -0.2) is 30.4 Å². The molecule has 1 amide bonds. The number of non-ortho nitro benzene ring substituents is 1. The lowest BCUT2D eigenvalue weighted by Crippen LogP contribution is -2.16. The van der Waals surface area contributed by atoms with Gasteiger partial charge in [0, 0.05) is 18.2 Å². The maximum atomic E-state index is 13.1. The number of aromatic nitrogens is 4. The van der Waals surface area contributed by atoms with Crippen LogP contribution < -0.4 is 5.32 Å². The first-order chi connectivity index (χ1) is 15.7. The largest absolute Gasteiger partial charge is 0.306 e. The normalized spacial score (nSPS) is 10.9. The number of nitro benzene ring substituents is 1. The fourth-order valence-corrected chi connectivity index (χ4v) is 3.78. The number of nitro groups is 1. The van der Waals surface area contributed by atoms with Gasteiger partial charge in [-0.05, 0) is 38.5 Å². The van der Waals surface area contributed by atoms with Crippen molar-refractivity contribution < 1.29 is 9.72 Å². The van der Waals surface area contributed by atoms with Crippen molar-refractivity contribution in [2.45, 2.75) is 27.3 Å². The van der Waals surface area contributed by atoms with Crippen LogP contribution in [0.5, 0.6) is 0 Å². The number of anilines is 1. The van der Waals surface area contributed by atoms with Crippen molar-refractivity contribution in [2.75, 3.05) is 5.32 Å². The number of nitrogens with zero attached hydrogens (tertiary/aromatic N) is 5. The zero-order valence-corrected chi connectivity index (χ0v) is 19.0. The van der Waals surface area contributed by atoms with Gasteiger partial charge in [-0.25, -0.2) is 9.36 Å². The van der Waals surface area contributed by atoms with Crippen molar-refractivity contribution in [3.05, 3.63) is 97.9 Å². The van der Waals surface area contributed by atoms with E-state index in [0.29, 0.717) is 29.4 Å². The summed E-state index contributed by atoms with van der Waals surface area (Å²) in [6.45, 7) is 5.97. The average molecular weight is 465 g/mol. The molecule has 0 saturated carbocycles. The van der Waals surface area contributed by atoms with Crippen LogP contribution in [0.3, 0.4) is 0 Å². The molecule has 0 aliphatic rings. The van der Waals surface area contributed by atoms with E-state index in [0.717, 1.165) is 11.1 Å². The fourth-order valence-electron chi connectivity index (χ4n) is 3.46. The summed E-state index contributed by atoms with van der Waals surface area (Å²) < 4.78 is 3.10. The highest BCUT2D eigenvalue weighted by Gasteiger charge is 2.22. The van der Waals surface area contributed by atoms with E-state index in [4.69, 9.17) is 11.6 Å². The molecule has 168 valence electrons. The van der Waals surface area contributed by atoms with Crippen LogP contribution in [0.15, 0.2) is 54.6 Å². The maximum Gasteiger partial charge on any atom is 0.269 e. The molecule has 2 aromatic carbocycles. The number of hydrogen-bond donors (Lipinski definition) is 1. The first kappa shape index (κ1) is 22.2. The van der Waals surface area contributed by atoms with Gasteiger partial charge in [0.15, 0.2) is 0 Å². The lowest BCUT2D eigenvalue weighted by atomic mass is 10.1. The Bertz CT molecular complexity index is 1340. The number of carbonyl (C=O) groups is 1. The van der Waals surface area contributed by atoms with Gasteiger partial charge in [-0.3, -0.25) is 14.9 Å². The monoisotopic (exact) mass is 464 g/mol. The Morgan fingerprint density at radius 1 is 1.06 bits per heavy atom. The van der Waals surface area contributed by atoms with Crippen molar-refractivity contribution in [1.29, 1.82) is 0 Å². The minimum absolute atomic E-state index is 0.0309. The van der Waals surface area contributed by atoms with Crippen molar-refractivity contribution in [3.63, 3.8) is 0 Å². The lowest BCUT2D eigenvalue weighted by Gasteiger charge is -2.09. The number of halogens is 1. The molecule has 2 aromatic heterocycles. The Balaban J connectivity index is 1.60. The van der Waals surface area contributed by atoms with E-state index in [1.54, 1.807) is 36.7 Å². The summed E-state index contributed by atoms with van der Waals surface area (Å²) in [5, 5.41) is 22.8. The third kappa shape index (κ3) is 4.63. The zero-order chi connectivity index (χ0) is 23.7. The number of nitrogens with one attached hydrogen (secondary N) is 1. The Morgan fingerprint density at radius 3 is 2.36 bits per heavy atom. The van der Waals surface area contributed by atoms with E-state index >= 15 is 0 Å². The molecule has 0 radical (unpaired) electrons. The van der Waals surface area contributed by atoms with E-state index < -0.39 is 10.8 Å². The van der Waals surface area contributed by atoms with Crippen LogP contribution in [0.25, 0.3) is 5.69 Å². The summed E-state index contributed by atoms with van der Waals surface area (Å²) in [5.41, 5.74) is 4.16. The smallest absolute Gasteiger partial charge is 0.269 e. The highest BCUT2D eigenvalue weighted by molar-refractivity contribution is 6.33. The first-order valence-corrected chi connectivity index (χ1v) is 10.5. The molecule has 10 heteroatoms. The maximum absolute atomic E-state index is 13.1. The summed E-state index contributed by atoms with van der Waals surface area (Å²) in [7, 11) is 0. The molecule has 0 aliphatic heterocycles. The van der Waals surface area contributed by atoms with Gasteiger partial charge in [0.25, 0.3) is 11.6 Å². The summed E-state index contributed by atoms with van der Waals surface area (Å²) in [6, 6.07) is 15.6. The van der Waals surface area contributed by atoms with Gasteiger partial charge in [0.05, 0.1) is 34.1 Å². The minimum Gasteiger partial charge on any atom is -0.306 e. The second-order valence-electron chi connectivity index (χ2n) is 7.70. The van der Waals surface area contributed by atoms with Crippen LogP contribution in [0.1, 0.15) is 32.9 Å². The summed E-state index contributed by atoms with van der Waals surface area (Å²) in [6.07, 6.45) is 0. The van der Waals surface area contributed by atoms with E-state index in [9.17, 15) is 14.9 Å². The van der Waals surface area contributed by atoms with Crippen molar-refractivity contribution >= 4 is 29.0 Å². The number of carbonyl (C=O) groups excluding carboxylic acids is 1. The SMILES string of the molecule is Cc1ccc(Cn2nc(C)c(C(=O)Nc3cc(C)nn3-c3ccc([N+](=O)[O-])cc3)c2Cl)cc1. The number of hydrogen-bond acceptors (Lipinski definition) is 5. The first-order valence-electron chi connectivity index (χ1n) is 10.1. The molecule has 4 rings (SSSR count). The number of rotatable bonds is 6.